The molecule has 0 amide bonds. The molecule has 2 aliphatic heterocycles. The lowest BCUT2D eigenvalue weighted by molar-refractivity contribution is -0.139. The monoisotopic (exact) mass is 562 g/mol. The highest BCUT2D eigenvalue weighted by Crippen LogP contribution is 2.45. The van der Waals surface area contributed by atoms with Crippen molar-refractivity contribution in [3.63, 3.8) is 0 Å². The summed E-state index contributed by atoms with van der Waals surface area (Å²) in [4.78, 5) is 19.5. The van der Waals surface area contributed by atoms with Crippen LogP contribution in [0.1, 0.15) is 37.9 Å². The number of thioether (sulfide) groups is 1. The molecule has 2 aromatic rings. The van der Waals surface area contributed by atoms with Crippen LogP contribution in [0.2, 0.25) is 5.02 Å². The molecule has 0 unspecified atom stereocenters. The first-order valence-corrected chi connectivity index (χ1v) is 12.9. The van der Waals surface area contributed by atoms with Crippen molar-refractivity contribution in [1.29, 1.82) is 0 Å². The maximum atomic E-state index is 12.9. The second-order valence-electron chi connectivity index (χ2n) is 7.47. The molecule has 178 valence electrons. The third-order valence-corrected chi connectivity index (χ3v) is 7.02. The molecular weight excluding hydrogens is 540 g/mol. The molecule has 0 saturated carbocycles. The second kappa shape index (κ2) is 10.9. The van der Waals surface area contributed by atoms with Crippen LogP contribution < -0.4 is 9.47 Å². The molecule has 0 fully saturated rings. The number of rotatable bonds is 8. The molecule has 1 atom stereocenters. The van der Waals surface area contributed by atoms with Gasteiger partial charge in [-0.05, 0) is 65.9 Å². The van der Waals surface area contributed by atoms with E-state index in [-0.39, 0.29) is 19.2 Å². The topological polar surface area (TPSA) is 60.4 Å². The Morgan fingerprint density at radius 2 is 2.00 bits per heavy atom. The number of halogens is 2. The van der Waals surface area contributed by atoms with Crippen molar-refractivity contribution in [2.75, 3.05) is 13.2 Å². The van der Waals surface area contributed by atoms with Gasteiger partial charge >= 0.3 is 5.97 Å². The molecule has 0 N–H and O–H groups in total. The number of ether oxygens (including phenoxy) is 3. The van der Waals surface area contributed by atoms with E-state index in [4.69, 9.17) is 25.8 Å². The van der Waals surface area contributed by atoms with Crippen LogP contribution in [0.25, 0.3) is 0 Å². The fourth-order valence-corrected chi connectivity index (χ4v) is 5.37. The molecule has 9 heteroatoms. The maximum absolute atomic E-state index is 12.9. The minimum absolute atomic E-state index is 0.284. The van der Waals surface area contributed by atoms with Gasteiger partial charge < -0.3 is 19.1 Å². The van der Waals surface area contributed by atoms with Crippen molar-refractivity contribution in [2.24, 2.45) is 4.99 Å². The van der Waals surface area contributed by atoms with Gasteiger partial charge in [0.2, 0.25) is 0 Å². The maximum Gasteiger partial charge on any atom is 0.338 e. The molecule has 0 bridgehead atoms. The number of fused-ring (bicyclic) bond motifs is 1. The molecule has 0 aromatic heterocycles. The smallest absolute Gasteiger partial charge is 0.338 e. The highest BCUT2D eigenvalue weighted by Gasteiger charge is 2.38. The summed E-state index contributed by atoms with van der Waals surface area (Å²) in [5.74, 6) is 0.755. The molecule has 34 heavy (non-hydrogen) atoms. The summed E-state index contributed by atoms with van der Waals surface area (Å²) in [6, 6.07) is 11.0. The van der Waals surface area contributed by atoms with Crippen molar-refractivity contribution in [1.82, 2.24) is 4.90 Å². The molecular formula is C25H24BrClN2O4S. The summed E-state index contributed by atoms with van der Waals surface area (Å²) >= 11 is 11.5. The van der Waals surface area contributed by atoms with E-state index in [0.717, 1.165) is 16.3 Å². The van der Waals surface area contributed by atoms with Crippen molar-refractivity contribution in [3.05, 3.63) is 79.9 Å². The van der Waals surface area contributed by atoms with E-state index in [1.165, 1.54) is 11.8 Å². The van der Waals surface area contributed by atoms with E-state index in [9.17, 15) is 4.79 Å². The molecule has 4 rings (SSSR count). The Bertz CT molecular complexity index is 1200. The lowest BCUT2D eigenvalue weighted by atomic mass is 9.94. The summed E-state index contributed by atoms with van der Waals surface area (Å²) < 4.78 is 18.2. The molecule has 0 saturated heterocycles. The number of hydrogen-bond acceptors (Lipinski definition) is 7. The SMILES string of the molecule is CCOC(=O)C1=C(C)N=C2SC=CN2[C@H]1c1cc(Br)c(OCc2ccccc2Cl)c(OCC)c1. The van der Waals surface area contributed by atoms with Gasteiger partial charge in [0.1, 0.15) is 6.61 Å². The van der Waals surface area contributed by atoms with Gasteiger partial charge in [-0.15, -0.1) is 0 Å². The molecule has 2 heterocycles. The zero-order chi connectivity index (χ0) is 24.2. The van der Waals surface area contributed by atoms with Crippen LogP contribution in [0.15, 0.2) is 68.7 Å². The molecule has 0 aliphatic carbocycles. The zero-order valence-electron chi connectivity index (χ0n) is 19.0. The Morgan fingerprint density at radius 1 is 1.21 bits per heavy atom. The number of benzene rings is 2. The Labute approximate surface area is 216 Å². The zero-order valence-corrected chi connectivity index (χ0v) is 22.2. The van der Waals surface area contributed by atoms with E-state index in [1.807, 2.05) is 66.8 Å². The Hall–Kier alpha value is -2.42. The van der Waals surface area contributed by atoms with Gasteiger partial charge in [-0.3, -0.25) is 0 Å². The van der Waals surface area contributed by atoms with Crippen molar-refractivity contribution < 1.29 is 19.0 Å². The number of carbonyl (C=O) groups excluding carboxylic acids is 1. The Balaban J connectivity index is 1.74. The van der Waals surface area contributed by atoms with E-state index < -0.39 is 6.04 Å². The minimum atomic E-state index is -0.411. The summed E-state index contributed by atoms with van der Waals surface area (Å²) in [6.07, 6.45) is 1.93. The summed E-state index contributed by atoms with van der Waals surface area (Å²) in [6.45, 7) is 6.57. The number of amidine groups is 1. The first-order chi connectivity index (χ1) is 16.4. The predicted octanol–water partition coefficient (Wildman–Crippen LogP) is 6.85. The highest BCUT2D eigenvalue weighted by molar-refractivity contribution is 9.10. The molecule has 6 nitrogen and oxygen atoms in total. The van der Waals surface area contributed by atoms with Gasteiger partial charge in [-0.25, -0.2) is 9.79 Å². The highest BCUT2D eigenvalue weighted by atomic mass is 79.9. The molecule has 0 spiro atoms. The number of nitrogens with zero attached hydrogens (tertiary/aromatic N) is 2. The van der Waals surface area contributed by atoms with Crippen LogP contribution in [0.5, 0.6) is 11.5 Å². The first-order valence-electron chi connectivity index (χ1n) is 10.8. The van der Waals surface area contributed by atoms with Gasteiger partial charge in [0.15, 0.2) is 16.7 Å². The molecule has 2 aromatic carbocycles. The van der Waals surface area contributed by atoms with Crippen LogP contribution in [-0.2, 0) is 16.1 Å². The molecule has 0 radical (unpaired) electrons. The fourth-order valence-electron chi connectivity index (χ4n) is 3.81. The number of esters is 1. The van der Waals surface area contributed by atoms with Gasteiger partial charge in [0.05, 0.1) is 35.0 Å². The van der Waals surface area contributed by atoms with E-state index in [2.05, 4.69) is 20.9 Å². The predicted molar refractivity (Wildman–Crippen MR) is 139 cm³/mol. The minimum Gasteiger partial charge on any atom is -0.490 e. The lowest BCUT2D eigenvalue weighted by Gasteiger charge is -2.33. The van der Waals surface area contributed by atoms with Crippen LogP contribution in [-0.4, -0.2) is 29.3 Å². The number of allylic oxidation sites excluding steroid dienone is 1. The summed E-state index contributed by atoms with van der Waals surface area (Å²) in [5.41, 5.74) is 2.86. The van der Waals surface area contributed by atoms with Gasteiger partial charge in [-0.1, -0.05) is 41.6 Å². The quantitative estimate of drug-likeness (QED) is 0.328. The van der Waals surface area contributed by atoms with Crippen LogP contribution in [0, 0.1) is 0 Å². The Morgan fingerprint density at radius 3 is 2.74 bits per heavy atom. The number of carbonyl (C=O) groups is 1. The third-order valence-electron chi connectivity index (χ3n) is 5.29. The van der Waals surface area contributed by atoms with Crippen LogP contribution >= 0.6 is 39.3 Å². The van der Waals surface area contributed by atoms with Gasteiger partial charge in [0, 0.05) is 16.8 Å². The van der Waals surface area contributed by atoms with E-state index in [0.29, 0.717) is 38.9 Å². The largest absolute Gasteiger partial charge is 0.490 e. The average Bonchev–Trinajstić information content (AvgIpc) is 3.26. The number of hydrogen-bond donors (Lipinski definition) is 0. The van der Waals surface area contributed by atoms with Crippen molar-refractivity contribution >= 4 is 50.4 Å². The summed E-state index contributed by atoms with van der Waals surface area (Å²) in [5, 5.41) is 3.40. The van der Waals surface area contributed by atoms with Crippen molar-refractivity contribution in [2.45, 2.75) is 33.4 Å². The van der Waals surface area contributed by atoms with Crippen LogP contribution in [0.3, 0.4) is 0 Å². The summed E-state index contributed by atoms with van der Waals surface area (Å²) in [7, 11) is 0. The normalized spacial score (nSPS) is 16.9. The Kier molecular flexibility index (Phi) is 7.91. The van der Waals surface area contributed by atoms with Crippen molar-refractivity contribution in [3.8, 4) is 11.5 Å². The third kappa shape index (κ3) is 4.99. The number of aliphatic imine (C=N–C) groups is 1. The average molecular weight is 564 g/mol. The second-order valence-corrected chi connectivity index (χ2v) is 9.60. The molecule has 2 aliphatic rings. The van der Waals surface area contributed by atoms with E-state index >= 15 is 0 Å². The lowest BCUT2D eigenvalue weighted by Crippen LogP contribution is -2.34. The fraction of sp³-hybridized carbons (Fsp3) is 0.280. The van der Waals surface area contributed by atoms with Gasteiger partial charge in [-0.2, -0.15) is 0 Å². The van der Waals surface area contributed by atoms with E-state index in [1.54, 1.807) is 6.92 Å². The van der Waals surface area contributed by atoms with Gasteiger partial charge in [0.25, 0.3) is 0 Å². The first kappa shape index (κ1) is 24.7. The van der Waals surface area contributed by atoms with Crippen LogP contribution in [0.4, 0.5) is 0 Å². The standard InChI is InChI=1S/C25H24BrClN2O4S/c1-4-31-20-13-17(12-18(26)23(20)33-14-16-8-6-7-9-19(16)27)22-21(24(30)32-5-2)15(3)28-25-29(22)10-11-34-25/h6-13,22H,4-5,14H2,1-3H3/t22-/m0/s1.